The summed E-state index contributed by atoms with van der Waals surface area (Å²) >= 11 is 0. The van der Waals surface area contributed by atoms with E-state index in [1.807, 2.05) is 19.9 Å². The van der Waals surface area contributed by atoms with Gasteiger partial charge >= 0.3 is 0 Å². The van der Waals surface area contributed by atoms with E-state index in [0.717, 1.165) is 38.3 Å². The number of nitrogens with zero attached hydrogens (tertiary/aromatic N) is 1. The molecular weight excluding hydrogens is 246 g/mol. The first-order chi connectivity index (χ1) is 9.08. The molecule has 4 heteroatoms. The van der Waals surface area contributed by atoms with Crippen LogP contribution in [0.1, 0.15) is 30.9 Å². The SMILES string of the molecule is CC(C)c1cc(F)c(F)c(CCN2CCNCC2)c1. The average molecular weight is 268 g/mol. The van der Waals surface area contributed by atoms with Crippen LogP contribution in [0.2, 0.25) is 0 Å². The zero-order valence-electron chi connectivity index (χ0n) is 11.7. The molecule has 0 bridgehead atoms. The van der Waals surface area contributed by atoms with Crippen LogP contribution in [0.5, 0.6) is 0 Å². The molecule has 0 saturated carbocycles. The van der Waals surface area contributed by atoms with E-state index in [1.54, 1.807) is 0 Å². The number of nitrogens with one attached hydrogen (secondary N) is 1. The van der Waals surface area contributed by atoms with E-state index >= 15 is 0 Å². The van der Waals surface area contributed by atoms with Gasteiger partial charge in [-0.15, -0.1) is 0 Å². The Labute approximate surface area is 113 Å². The fourth-order valence-electron chi connectivity index (χ4n) is 2.40. The van der Waals surface area contributed by atoms with Crippen LogP contribution in [-0.4, -0.2) is 37.6 Å². The summed E-state index contributed by atoms with van der Waals surface area (Å²) in [5, 5.41) is 3.28. The third kappa shape index (κ3) is 3.74. The highest BCUT2D eigenvalue weighted by atomic mass is 19.2. The lowest BCUT2D eigenvalue weighted by atomic mass is 9.98. The van der Waals surface area contributed by atoms with Gasteiger partial charge in [0.05, 0.1) is 0 Å². The first kappa shape index (κ1) is 14.4. The van der Waals surface area contributed by atoms with E-state index in [0.29, 0.717) is 12.0 Å². The third-order valence-corrected chi connectivity index (χ3v) is 3.70. The van der Waals surface area contributed by atoms with E-state index in [1.165, 1.54) is 6.07 Å². The summed E-state index contributed by atoms with van der Waals surface area (Å²) in [5.74, 6) is -1.19. The average Bonchev–Trinajstić information content (AvgIpc) is 2.41. The molecule has 1 aliphatic heterocycles. The first-order valence-electron chi connectivity index (χ1n) is 6.99. The van der Waals surface area contributed by atoms with Crippen molar-refractivity contribution in [1.82, 2.24) is 10.2 Å². The Kier molecular flexibility index (Phi) is 4.88. The van der Waals surface area contributed by atoms with Gasteiger partial charge in [0, 0.05) is 32.7 Å². The molecule has 1 aliphatic rings. The Morgan fingerprint density at radius 1 is 1.21 bits per heavy atom. The van der Waals surface area contributed by atoms with Gasteiger partial charge in [-0.2, -0.15) is 0 Å². The number of hydrogen-bond acceptors (Lipinski definition) is 2. The van der Waals surface area contributed by atoms with E-state index in [9.17, 15) is 8.78 Å². The van der Waals surface area contributed by atoms with Crippen LogP contribution in [0.25, 0.3) is 0 Å². The summed E-state index contributed by atoms with van der Waals surface area (Å²) in [6.07, 6.45) is 0.573. The van der Waals surface area contributed by atoms with Gasteiger partial charge in [0.25, 0.3) is 0 Å². The van der Waals surface area contributed by atoms with Crippen LogP contribution in [0, 0.1) is 11.6 Å². The monoisotopic (exact) mass is 268 g/mol. The molecule has 0 unspecified atom stereocenters. The fraction of sp³-hybridized carbons (Fsp3) is 0.600. The molecule has 0 radical (unpaired) electrons. The van der Waals surface area contributed by atoms with Crippen molar-refractivity contribution in [2.45, 2.75) is 26.2 Å². The molecule has 0 atom stereocenters. The van der Waals surface area contributed by atoms with Gasteiger partial charge in [-0.1, -0.05) is 19.9 Å². The summed E-state index contributed by atoms with van der Waals surface area (Å²) in [7, 11) is 0. The highest BCUT2D eigenvalue weighted by molar-refractivity contribution is 5.28. The normalized spacial score (nSPS) is 17.1. The molecule has 0 aliphatic carbocycles. The first-order valence-corrected chi connectivity index (χ1v) is 6.99. The van der Waals surface area contributed by atoms with Crippen LogP contribution < -0.4 is 5.32 Å². The quantitative estimate of drug-likeness (QED) is 0.902. The number of benzene rings is 1. The van der Waals surface area contributed by atoms with Crippen molar-refractivity contribution in [3.8, 4) is 0 Å². The predicted molar refractivity (Wildman–Crippen MR) is 73.5 cm³/mol. The molecular formula is C15H22F2N2. The van der Waals surface area contributed by atoms with Gasteiger partial charge in [-0.05, 0) is 29.5 Å². The standard InChI is InChI=1S/C15H22F2N2/c1-11(2)13-9-12(15(17)14(16)10-13)3-6-19-7-4-18-5-8-19/h9-11,18H,3-8H2,1-2H3. The lowest BCUT2D eigenvalue weighted by Crippen LogP contribution is -2.44. The molecule has 1 aromatic carbocycles. The highest BCUT2D eigenvalue weighted by Crippen LogP contribution is 2.21. The van der Waals surface area contributed by atoms with Gasteiger partial charge in [-0.3, -0.25) is 0 Å². The summed E-state index contributed by atoms with van der Waals surface area (Å²) in [4.78, 5) is 2.29. The van der Waals surface area contributed by atoms with Gasteiger partial charge < -0.3 is 10.2 Å². The molecule has 1 saturated heterocycles. The molecule has 1 fully saturated rings. The lowest BCUT2D eigenvalue weighted by Gasteiger charge is -2.27. The molecule has 1 N–H and O–H groups in total. The van der Waals surface area contributed by atoms with Gasteiger partial charge in [0.1, 0.15) is 0 Å². The molecule has 1 aromatic rings. The molecule has 1 heterocycles. The van der Waals surface area contributed by atoms with E-state index < -0.39 is 11.6 Å². The van der Waals surface area contributed by atoms with Crippen LogP contribution in [0.4, 0.5) is 8.78 Å². The number of hydrogen-bond donors (Lipinski definition) is 1. The minimum atomic E-state index is -0.721. The highest BCUT2D eigenvalue weighted by Gasteiger charge is 2.15. The van der Waals surface area contributed by atoms with E-state index in [4.69, 9.17) is 0 Å². The van der Waals surface area contributed by atoms with E-state index in [2.05, 4.69) is 10.2 Å². The number of rotatable bonds is 4. The van der Waals surface area contributed by atoms with Gasteiger partial charge in [-0.25, -0.2) is 8.78 Å². The summed E-state index contributed by atoms with van der Waals surface area (Å²) in [6, 6.07) is 3.12. The zero-order valence-corrected chi connectivity index (χ0v) is 11.7. The molecule has 0 aromatic heterocycles. The molecule has 106 valence electrons. The van der Waals surface area contributed by atoms with E-state index in [-0.39, 0.29) is 5.92 Å². The second-order valence-corrected chi connectivity index (χ2v) is 5.47. The maximum absolute atomic E-state index is 13.8. The fourth-order valence-corrected chi connectivity index (χ4v) is 2.40. The second kappa shape index (κ2) is 6.44. The molecule has 19 heavy (non-hydrogen) atoms. The summed E-state index contributed by atoms with van der Waals surface area (Å²) in [6.45, 7) is 8.69. The molecule has 0 spiro atoms. The largest absolute Gasteiger partial charge is 0.314 e. The Hall–Kier alpha value is -1.00. The molecule has 0 amide bonds. The lowest BCUT2D eigenvalue weighted by molar-refractivity contribution is 0.243. The van der Waals surface area contributed by atoms with Crippen molar-refractivity contribution in [1.29, 1.82) is 0 Å². The smallest absolute Gasteiger partial charge is 0.162 e. The van der Waals surface area contributed by atoms with Crippen LogP contribution in [0.3, 0.4) is 0 Å². The van der Waals surface area contributed by atoms with Crippen molar-refractivity contribution in [3.05, 3.63) is 34.9 Å². The Morgan fingerprint density at radius 3 is 2.53 bits per heavy atom. The van der Waals surface area contributed by atoms with Gasteiger partial charge in [0.2, 0.25) is 0 Å². The van der Waals surface area contributed by atoms with Crippen LogP contribution >= 0.6 is 0 Å². The number of halogens is 2. The van der Waals surface area contributed by atoms with Crippen molar-refractivity contribution in [2.24, 2.45) is 0 Å². The second-order valence-electron chi connectivity index (χ2n) is 5.47. The Balaban J connectivity index is 2.05. The maximum Gasteiger partial charge on any atom is 0.162 e. The third-order valence-electron chi connectivity index (χ3n) is 3.70. The molecule has 2 nitrogen and oxygen atoms in total. The van der Waals surface area contributed by atoms with Crippen molar-refractivity contribution >= 4 is 0 Å². The Bertz CT molecular complexity index is 426. The molecule has 2 rings (SSSR count). The Morgan fingerprint density at radius 2 is 1.89 bits per heavy atom. The zero-order chi connectivity index (χ0) is 13.8. The van der Waals surface area contributed by atoms with Gasteiger partial charge in [0.15, 0.2) is 11.6 Å². The summed E-state index contributed by atoms with van der Waals surface area (Å²) in [5.41, 5.74) is 1.37. The summed E-state index contributed by atoms with van der Waals surface area (Å²) < 4.78 is 27.4. The van der Waals surface area contributed by atoms with Crippen molar-refractivity contribution in [3.63, 3.8) is 0 Å². The maximum atomic E-state index is 13.8. The minimum Gasteiger partial charge on any atom is -0.314 e. The minimum absolute atomic E-state index is 0.216. The van der Waals surface area contributed by atoms with Crippen LogP contribution in [0.15, 0.2) is 12.1 Å². The predicted octanol–water partition coefficient (Wildman–Crippen LogP) is 2.54. The van der Waals surface area contributed by atoms with Crippen molar-refractivity contribution in [2.75, 3.05) is 32.7 Å². The number of piperazine rings is 1. The topological polar surface area (TPSA) is 15.3 Å². The van der Waals surface area contributed by atoms with Crippen molar-refractivity contribution < 1.29 is 8.78 Å². The van der Waals surface area contributed by atoms with Crippen LogP contribution in [-0.2, 0) is 6.42 Å².